The van der Waals surface area contributed by atoms with Crippen molar-refractivity contribution in [1.29, 1.82) is 0 Å². The molecule has 0 bridgehead atoms. The van der Waals surface area contributed by atoms with Gasteiger partial charge in [-0.2, -0.15) is 11.8 Å². The van der Waals surface area contributed by atoms with E-state index >= 15 is 0 Å². The summed E-state index contributed by atoms with van der Waals surface area (Å²) in [6.07, 6.45) is 3.88. The Kier molecular flexibility index (Phi) is 7.17. The van der Waals surface area contributed by atoms with Crippen LogP contribution in [-0.2, 0) is 9.53 Å². The molecule has 0 saturated heterocycles. The van der Waals surface area contributed by atoms with Gasteiger partial charge in [-0.3, -0.25) is 4.79 Å². The normalized spacial score (nSPS) is 12.6. The standard InChI is InChI=1S/C13H27NO2S/c1-12(2,11(15)14-5)7-9-16-13(3,4)8-10-17-6/h7-10H2,1-6H3,(H,14,15). The summed E-state index contributed by atoms with van der Waals surface area (Å²) >= 11 is 1.83. The van der Waals surface area contributed by atoms with Gasteiger partial charge in [-0.1, -0.05) is 13.8 Å². The van der Waals surface area contributed by atoms with Gasteiger partial charge in [-0.25, -0.2) is 0 Å². The van der Waals surface area contributed by atoms with Crippen LogP contribution in [0.1, 0.15) is 40.5 Å². The molecule has 1 amide bonds. The molecule has 0 unspecified atom stereocenters. The number of rotatable bonds is 8. The van der Waals surface area contributed by atoms with Crippen molar-refractivity contribution in [2.75, 3.05) is 25.7 Å². The van der Waals surface area contributed by atoms with Gasteiger partial charge in [0.15, 0.2) is 0 Å². The van der Waals surface area contributed by atoms with Crippen molar-refractivity contribution in [3.05, 3.63) is 0 Å². The predicted molar refractivity (Wildman–Crippen MR) is 75.5 cm³/mol. The van der Waals surface area contributed by atoms with Crippen LogP contribution in [0.4, 0.5) is 0 Å². The van der Waals surface area contributed by atoms with Gasteiger partial charge in [0.1, 0.15) is 0 Å². The maximum Gasteiger partial charge on any atom is 0.225 e. The molecule has 0 aromatic heterocycles. The minimum Gasteiger partial charge on any atom is -0.376 e. The predicted octanol–water partition coefficient (Wildman–Crippen LogP) is 2.70. The van der Waals surface area contributed by atoms with Crippen molar-refractivity contribution < 1.29 is 9.53 Å². The van der Waals surface area contributed by atoms with Crippen molar-refractivity contribution in [1.82, 2.24) is 5.32 Å². The van der Waals surface area contributed by atoms with Gasteiger partial charge in [0.05, 0.1) is 5.60 Å². The number of thioether (sulfide) groups is 1. The van der Waals surface area contributed by atoms with Gasteiger partial charge in [0.25, 0.3) is 0 Å². The van der Waals surface area contributed by atoms with Crippen LogP contribution in [0, 0.1) is 5.41 Å². The second-order valence-corrected chi connectivity index (χ2v) is 6.55. The number of carbonyl (C=O) groups is 1. The van der Waals surface area contributed by atoms with Crippen LogP contribution in [0.25, 0.3) is 0 Å². The lowest BCUT2D eigenvalue weighted by molar-refractivity contribution is -0.130. The SMILES string of the molecule is CNC(=O)C(C)(C)CCOC(C)(C)CCSC. The Labute approximate surface area is 110 Å². The Balaban J connectivity index is 4.01. The fraction of sp³-hybridized carbons (Fsp3) is 0.923. The third-order valence-corrected chi connectivity index (χ3v) is 3.58. The van der Waals surface area contributed by atoms with E-state index < -0.39 is 0 Å². The topological polar surface area (TPSA) is 38.3 Å². The lowest BCUT2D eigenvalue weighted by atomic mass is 9.88. The Morgan fingerprint density at radius 3 is 2.29 bits per heavy atom. The van der Waals surface area contributed by atoms with E-state index in [1.807, 2.05) is 25.6 Å². The number of carbonyl (C=O) groups excluding carboxylic acids is 1. The fourth-order valence-corrected chi connectivity index (χ4v) is 2.15. The highest BCUT2D eigenvalue weighted by molar-refractivity contribution is 7.98. The number of hydrogen-bond donors (Lipinski definition) is 1. The van der Waals surface area contributed by atoms with Crippen LogP contribution in [-0.4, -0.2) is 37.2 Å². The highest BCUT2D eigenvalue weighted by Crippen LogP contribution is 2.23. The molecule has 0 aromatic carbocycles. The second kappa shape index (κ2) is 7.27. The summed E-state index contributed by atoms with van der Waals surface area (Å²) in [5.74, 6) is 1.18. The first-order chi connectivity index (χ1) is 7.75. The van der Waals surface area contributed by atoms with Gasteiger partial charge >= 0.3 is 0 Å². The molecule has 0 atom stereocenters. The Bertz CT molecular complexity index is 240. The van der Waals surface area contributed by atoms with Crippen LogP contribution < -0.4 is 5.32 Å². The van der Waals surface area contributed by atoms with Crippen LogP contribution in [0.2, 0.25) is 0 Å². The summed E-state index contributed by atoms with van der Waals surface area (Å²) in [5, 5.41) is 2.69. The molecule has 0 saturated carbocycles. The molecular weight excluding hydrogens is 234 g/mol. The molecule has 17 heavy (non-hydrogen) atoms. The summed E-state index contributed by atoms with van der Waals surface area (Å²) in [6, 6.07) is 0. The molecule has 0 aliphatic heterocycles. The van der Waals surface area contributed by atoms with Crippen LogP contribution >= 0.6 is 11.8 Å². The van der Waals surface area contributed by atoms with Crippen molar-refractivity contribution in [2.24, 2.45) is 5.41 Å². The summed E-state index contributed by atoms with van der Waals surface area (Å²) in [6.45, 7) is 8.74. The van der Waals surface area contributed by atoms with Crippen LogP contribution in [0.5, 0.6) is 0 Å². The van der Waals surface area contributed by atoms with Crippen molar-refractivity contribution in [3.63, 3.8) is 0 Å². The highest BCUT2D eigenvalue weighted by atomic mass is 32.2. The van der Waals surface area contributed by atoms with Crippen LogP contribution in [0.15, 0.2) is 0 Å². The van der Waals surface area contributed by atoms with E-state index in [4.69, 9.17) is 4.74 Å². The lowest BCUT2D eigenvalue weighted by Crippen LogP contribution is -2.36. The molecule has 0 rings (SSSR count). The second-order valence-electron chi connectivity index (χ2n) is 5.56. The summed E-state index contributed by atoms with van der Waals surface area (Å²) in [7, 11) is 1.67. The van der Waals surface area contributed by atoms with E-state index in [2.05, 4.69) is 25.4 Å². The van der Waals surface area contributed by atoms with Gasteiger partial charge in [0.2, 0.25) is 5.91 Å². The molecule has 0 radical (unpaired) electrons. The minimum atomic E-state index is -0.357. The van der Waals surface area contributed by atoms with Crippen molar-refractivity contribution in [3.8, 4) is 0 Å². The van der Waals surface area contributed by atoms with Gasteiger partial charge in [-0.05, 0) is 38.7 Å². The lowest BCUT2D eigenvalue weighted by Gasteiger charge is -2.28. The average molecular weight is 261 g/mol. The summed E-state index contributed by atoms with van der Waals surface area (Å²) in [5.41, 5.74) is -0.452. The number of amides is 1. The van der Waals surface area contributed by atoms with Crippen molar-refractivity contribution in [2.45, 2.75) is 46.1 Å². The zero-order valence-corrected chi connectivity index (χ0v) is 12.9. The van der Waals surface area contributed by atoms with Crippen molar-refractivity contribution >= 4 is 17.7 Å². The molecule has 102 valence electrons. The first-order valence-electron chi connectivity index (χ1n) is 6.10. The largest absolute Gasteiger partial charge is 0.376 e. The van der Waals surface area contributed by atoms with Crippen LogP contribution in [0.3, 0.4) is 0 Å². The molecule has 3 nitrogen and oxygen atoms in total. The van der Waals surface area contributed by atoms with E-state index in [9.17, 15) is 4.79 Å². The Morgan fingerprint density at radius 1 is 1.24 bits per heavy atom. The van der Waals surface area contributed by atoms with Gasteiger partial charge in [0, 0.05) is 19.1 Å². The molecule has 0 fully saturated rings. The van der Waals surface area contributed by atoms with Gasteiger partial charge < -0.3 is 10.1 Å². The van der Waals surface area contributed by atoms with Gasteiger partial charge in [-0.15, -0.1) is 0 Å². The quantitative estimate of drug-likeness (QED) is 0.730. The highest BCUT2D eigenvalue weighted by Gasteiger charge is 2.27. The summed E-state index contributed by atoms with van der Waals surface area (Å²) in [4.78, 5) is 11.6. The number of ether oxygens (including phenoxy) is 1. The Morgan fingerprint density at radius 2 is 1.82 bits per heavy atom. The van der Waals surface area contributed by atoms with E-state index in [0.29, 0.717) is 6.61 Å². The maximum atomic E-state index is 11.6. The zero-order valence-electron chi connectivity index (χ0n) is 12.1. The number of nitrogens with one attached hydrogen (secondary N) is 1. The smallest absolute Gasteiger partial charge is 0.225 e. The molecule has 1 N–H and O–H groups in total. The molecule has 0 aromatic rings. The molecule has 4 heteroatoms. The summed E-state index contributed by atoms with van der Waals surface area (Å²) < 4.78 is 5.87. The molecule has 0 aliphatic carbocycles. The fourth-order valence-electron chi connectivity index (χ4n) is 1.45. The minimum absolute atomic E-state index is 0.0722. The Hall–Kier alpha value is -0.220. The van der Waals surface area contributed by atoms with E-state index in [-0.39, 0.29) is 16.9 Å². The molecule has 0 aliphatic rings. The first-order valence-corrected chi connectivity index (χ1v) is 7.49. The molecular formula is C13H27NO2S. The monoisotopic (exact) mass is 261 g/mol. The maximum absolute atomic E-state index is 11.6. The van der Waals surface area contributed by atoms with E-state index in [1.54, 1.807) is 7.05 Å². The third-order valence-electron chi connectivity index (χ3n) is 2.97. The van der Waals surface area contributed by atoms with E-state index in [1.165, 1.54) is 0 Å². The zero-order chi connectivity index (χ0) is 13.5. The number of hydrogen-bond acceptors (Lipinski definition) is 3. The first kappa shape index (κ1) is 16.8. The third kappa shape index (κ3) is 6.94. The molecule has 0 heterocycles. The van der Waals surface area contributed by atoms with E-state index in [0.717, 1.165) is 18.6 Å². The molecule has 0 spiro atoms. The average Bonchev–Trinajstić information content (AvgIpc) is 2.24.